The molecule has 1 rings (SSSR count). The van der Waals surface area contributed by atoms with Crippen molar-refractivity contribution >= 4 is 0 Å². The van der Waals surface area contributed by atoms with Crippen LogP contribution in [-0.4, -0.2) is 0 Å². The van der Waals surface area contributed by atoms with Crippen LogP contribution in [0.15, 0.2) is 84.6 Å². The van der Waals surface area contributed by atoms with Gasteiger partial charge in [0.2, 0.25) is 0 Å². The van der Waals surface area contributed by atoms with E-state index < -0.39 is 0 Å². The molecule has 1 unspecified atom stereocenters. The minimum Gasteiger partial charge on any atom is -0.0990 e. The normalized spacial score (nSPS) is 19.3. The summed E-state index contributed by atoms with van der Waals surface area (Å²) in [6, 6.07) is 0. The van der Waals surface area contributed by atoms with Gasteiger partial charge >= 0.3 is 0 Å². The molecule has 0 aromatic carbocycles. The second-order valence-electron chi connectivity index (χ2n) is 4.87. The lowest BCUT2D eigenvalue weighted by Crippen LogP contribution is -1.95. The molecular formula is C21H30. The summed E-state index contributed by atoms with van der Waals surface area (Å²) in [5.74, 6) is 0.635. The highest BCUT2D eigenvalue weighted by molar-refractivity contribution is 5.59. The molecule has 0 amide bonds. The van der Waals surface area contributed by atoms with E-state index in [0.29, 0.717) is 5.92 Å². The Bertz CT molecular complexity index is 478. The molecule has 1 aliphatic carbocycles. The molecule has 1 atom stereocenters. The van der Waals surface area contributed by atoms with E-state index in [-0.39, 0.29) is 0 Å². The van der Waals surface area contributed by atoms with Gasteiger partial charge in [-0.15, -0.1) is 0 Å². The van der Waals surface area contributed by atoms with Gasteiger partial charge in [-0.2, -0.15) is 0 Å². The lowest BCUT2D eigenvalue weighted by atomic mass is 9.92. The minimum absolute atomic E-state index is 0.635. The van der Waals surface area contributed by atoms with E-state index in [4.69, 9.17) is 0 Å². The first-order valence-electron chi connectivity index (χ1n) is 7.82. The van der Waals surface area contributed by atoms with Crippen molar-refractivity contribution in [2.75, 3.05) is 0 Å². The molecule has 0 N–H and O–H groups in total. The van der Waals surface area contributed by atoms with Crippen LogP contribution in [0.25, 0.3) is 0 Å². The van der Waals surface area contributed by atoms with Crippen LogP contribution in [0.4, 0.5) is 0 Å². The predicted octanol–water partition coefficient (Wildman–Crippen LogP) is 6.73. The van der Waals surface area contributed by atoms with Crippen LogP contribution < -0.4 is 0 Å². The summed E-state index contributed by atoms with van der Waals surface area (Å²) in [6.07, 6.45) is 16.4. The summed E-state index contributed by atoms with van der Waals surface area (Å²) < 4.78 is 0. The van der Waals surface area contributed by atoms with Crippen LogP contribution in [0.5, 0.6) is 0 Å². The molecule has 0 nitrogen and oxygen atoms in total. The van der Waals surface area contributed by atoms with Crippen LogP contribution in [-0.2, 0) is 0 Å². The fourth-order valence-electron chi connectivity index (χ4n) is 2.42. The molecule has 1 aliphatic rings. The third-order valence-corrected chi connectivity index (χ3v) is 3.33. The molecule has 0 saturated heterocycles. The van der Waals surface area contributed by atoms with Crippen LogP contribution in [0.2, 0.25) is 0 Å². The van der Waals surface area contributed by atoms with Crippen molar-refractivity contribution in [1.82, 2.24) is 0 Å². The van der Waals surface area contributed by atoms with E-state index in [1.807, 2.05) is 45.1 Å². The zero-order chi connectivity index (χ0) is 16.3. The number of allylic oxidation sites excluding steroid dienone is 11. The maximum atomic E-state index is 3.98. The van der Waals surface area contributed by atoms with Crippen LogP contribution in [0.1, 0.15) is 40.5 Å². The summed E-state index contributed by atoms with van der Waals surface area (Å²) in [5.41, 5.74) is 4.91. The molecule has 21 heavy (non-hydrogen) atoms. The van der Waals surface area contributed by atoms with Crippen molar-refractivity contribution < 1.29 is 0 Å². The van der Waals surface area contributed by atoms with E-state index in [9.17, 15) is 0 Å². The Morgan fingerprint density at radius 3 is 2.33 bits per heavy atom. The predicted molar refractivity (Wildman–Crippen MR) is 98.3 cm³/mol. The smallest absolute Gasteiger partial charge is 0.0149 e. The lowest BCUT2D eigenvalue weighted by molar-refractivity contribution is 0.595. The summed E-state index contributed by atoms with van der Waals surface area (Å²) in [7, 11) is 0. The van der Waals surface area contributed by atoms with Gasteiger partial charge in [-0.05, 0) is 48.0 Å². The minimum atomic E-state index is 0.635. The van der Waals surface area contributed by atoms with Gasteiger partial charge in [0, 0.05) is 0 Å². The Balaban J connectivity index is 0.00000191. The highest BCUT2D eigenvalue weighted by atomic mass is 14.2. The van der Waals surface area contributed by atoms with E-state index in [1.165, 1.54) is 22.3 Å². The second kappa shape index (κ2) is 10.9. The quantitative estimate of drug-likeness (QED) is 0.491. The molecule has 114 valence electrons. The summed E-state index contributed by atoms with van der Waals surface area (Å²) in [4.78, 5) is 0. The summed E-state index contributed by atoms with van der Waals surface area (Å²) >= 11 is 0. The third kappa shape index (κ3) is 5.59. The molecule has 0 heterocycles. The zero-order valence-electron chi connectivity index (χ0n) is 14.2. The molecule has 0 aromatic rings. The molecule has 0 aromatic heterocycles. The van der Waals surface area contributed by atoms with E-state index in [0.717, 1.165) is 12.8 Å². The van der Waals surface area contributed by atoms with Gasteiger partial charge in [-0.1, -0.05) is 83.0 Å². The number of hydrogen-bond donors (Lipinski definition) is 0. The number of rotatable bonds is 5. The molecule has 0 bridgehead atoms. The fraction of sp³-hybridized carbons (Fsp3) is 0.333. The zero-order valence-corrected chi connectivity index (χ0v) is 14.2. The van der Waals surface area contributed by atoms with Gasteiger partial charge in [0.15, 0.2) is 0 Å². The Kier molecular flexibility index (Phi) is 9.96. The Morgan fingerprint density at radius 2 is 1.86 bits per heavy atom. The molecule has 0 radical (unpaired) electrons. The first kappa shape index (κ1) is 19.2. The maximum absolute atomic E-state index is 3.98. The van der Waals surface area contributed by atoms with Crippen molar-refractivity contribution in [1.29, 1.82) is 0 Å². The molecule has 0 aliphatic heterocycles. The molecule has 0 heteroatoms. The highest BCUT2D eigenvalue weighted by Crippen LogP contribution is 2.33. The van der Waals surface area contributed by atoms with E-state index in [2.05, 4.69) is 44.9 Å². The Labute approximate surface area is 131 Å². The Morgan fingerprint density at radius 1 is 1.19 bits per heavy atom. The topological polar surface area (TPSA) is 0 Å². The maximum Gasteiger partial charge on any atom is -0.0149 e. The van der Waals surface area contributed by atoms with Gasteiger partial charge in [0.1, 0.15) is 0 Å². The van der Waals surface area contributed by atoms with Gasteiger partial charge < -0.3 is 0 Å². The molecular weight excluding hydrogens is 252 g/mol. The first-order chi connectivity index (χ1) is 10.2. The SMILES string of the molecule is C=C/C=C(\C=C/C)C1=CCC(C)CC(C=C)=C1C=C.CC. The van der Waals surface area contributed by atoms with Crippen molar-refractivity contribution in [3.63, 3.8) is 0 Å². The van der Waals surface area contributed by atoms with Crippen molar-refractivity contribution in [3.05, 3.63) is 84.6 Å². The summed E-state index contributed by atoms with van der Waals surface area (Å²) in [5, 5.41) is 0. The third-order valence-electron chi connectivity index (χ3n) is 3.33. The van der Waals surface area contributed by atoms with E-state index >= 15 is 0 Å². The fourth-order valence-corrected chi connectivity index (χ4v) is 2.42. The molecule has 0 spiro atoms. The van der Waals surface area contributed by atoms with Crippen molar-refractivity contribution in [3.8, 4) is 0 Å². The van der Waals surface area contributed by atoms with Crippen molar-refractivity contribution in [2.45, 2.75) is 40.5 Å². The van der Waals surface area contributed by atoms with Gasteiger partial charge in [0.05, 0.1) is 0 Å². The molecule has 0 saturated carbocycles. The van der Waals surface area contributed by atoms with Gasteiger partial charge in [-0.3, -0.25) is 0 Å². The molecule has 0 fully saturated rings. The van der Waals surface area contributed by atoms with Crippen molar-refractivity contribution in [2.24, 2.45) is 5.92 Å². The van der Waals surface area contributed by atoms with Gasteiger partial charge in [-0.25, -0.2) is 0 Å². The summed E-state index contributed by atoms with van der Waals surface area (Å²) in [6.45, 7) is 20.0. The highest BCUT2D eigenvalue weighted by Gasteiger charge is 2.16. The van der Waals surface area contributed by atoms with Crippen LogP contribution in [0, 0.1) is 5.92 Å². The number of hydrogen-bond acceptors (Lipinski definition) is 0. The van der Waals surface area contributed by atoms with Crippen LogP contribution in [0.3, 0.4) is 0 Å². The monoisotopic (exact) mass is 282 g/mol. The average Bonchev–Trinajstić information content (AvgIpc) is 2.67. The average molecular weight is 282 g/mol. The second-order valence-corrected chi connectivity index (χ2v) is 4.87. The van der Waals surface area contributed by atoms with E-state index in [1.54, 1.807) is 0 Å². The Hall–Kier alpha value is -1.82. The standard InChI is InChI=1S/C19H24.C2H6/c1-6-10-17(11-7-2)19-13-12-15(5)14-16(8-3)18(19)9-4;1-2/h6-11,13,15H,1,3-4,12,14H2,2,5H3;1-2H3/b11-7-,17-10+;. The van der Waals surface area contributed by atoms with Crippen LogP contribution >= 0.6 is 0 Å². The van der Waals surface area contributed by atoms with Gasteiger partial charge in [0.25, 0.3) is 0 Å². The lowest BCUT2D eigenvalue weighted by Gasteiger charge is -2.12. The largest absolute Gasteiger partial charge is 0.0990 e. The first-order valence-corrected chi connectivity index (χ1v) is 7.82.